The van der Waals surface area contributed by atoms with E-state index in [1.165, 1.54) is 12.1 Å². The maximum absolute atomic E-state index is 12.1. The second kappa shape index (κ2) is 7.54. The molecule has 0 unspecified atom stereocenters. The molecule has 1 N–H and O–H groups in total. The molecule has 1 aromatic carbocycles. The number of carbonyl (C=O) groups is 1. The molecule has 0 aliphatic carbocycles. The van der Waals surface area contributed by atoms with Gasteiger partial charge in [0.1, 0.15) is 0 Å². The molecule has 0 saturated carbocycles. The molecular weight excluding hydrogens is 372 g/mol. The van der Waals surface area contributed by atoms with E-state index in [9.17, 15) is 13.2 Å². The van der Waals surface area contributed by atoms with E-state index in [-0.39, 0.29) is 17.2 Å². The van der Waals surface area contributed by atoms with E-state index < -0.39 is 15.9 Å². The molecule has 6 nitrogen and oxygen atoms in total. The lowest BCUT2D eigenvalue weighted by Gasteiger charge is -2.29. The summed E-state index contributed by atoms with van der Waals surface area (Å²) in [5.74, 6) is -0.273. The largest absolute Gasteiger partial charge is 0.302 e. The number of piperidine rings is 1. The van der Waals surface area contributed by atoms with Gasteiger partial charge in [0.15, 0.2) is 0 Å². The van der Waals surface area contributed by atoms with E-state index in [4.69, 9.17) is 4.84 Å². The number of halogens is 1. The van der Waals surface area contributed by atoms with Gasteiger partial charge in [0.2, 0.25) is 5.91 Å². The molecular formula is C14H19BrN2O4S. The van der Waals surface area contributed by atoms with Crippen LogP contribution in [0.3, 0.4) is 0 Å². The van der Waals surface area contributed by atoms with Crippen LogP contribution in [-0.4, -0.2) is 39.6 Å². The first kappa shape index (κ1) is 17.4. The fourth-order valence-corrected chi connectivity index (χ4v) is 3.68. The van der Waals surface area contributed by atoms with Gasteiger partial charge in [-0.1, -0.05) is 15.9 Å². The summed E-state index contributed by atoms with van der Waals surface area (Å²) in [6.45, 7) is 1.52. The Labute approximate surface area is 139 Å². The predicted octanol–water partition coefficient (Wildman–Crippen LogP) is 1.92. The standard InChI is InChI=1S/C14H19BrN2O4S/c1-21-17-8-6-11(7-9-17)10-14(18)16-22(19,20)13-4-2-12(15)3-5-13/h2-5,11H,6-10H2,1H3,(H,16,18). The van der Waals surface area contributed by atoms with Crippen molar-refractivity contribution in [2.45, 2.75) is 24.2 Å². The van der Waals surface area contributed by atoms with E-state index in [1.54, 1.807) is 19.2 Å². The maximum atomic E-state index is 12.1. The van der Waals surface area contributed by atoms with Gasteiger partial charge in [-0.25, -0.2) is 13.1 Å². The minimum absolute atomic E-state index is 0.0817. The fraction of sp³-hybridized carbons (Fsp3) is 0.500. The average molecular weight is 391 g/mol. The summed E-state index contributed by atoms with van der Waals surface area (Å²) in [5, 5.41) is 1.84. The summed E-state index contributed by atoms with van der Waals surface area (Å²) in [6, 6.07) is 6.16. The second-order valence-corrected chi connectivity index (χ2v) is 7.84. The van der Waals surface area contributed by atoms with Gasteiger partial charge < -0.3 is 4.84 Å². The van der Waals surface area contributed by atoms with Gasteiger partial charge in [-0.2, -0.15) is 5.06 Å². The summed E-state index contributed by atoms with van der Waals surface area (Å²) in [6.07, 6.45) is 1.85. The van der Waals surface area contributed by atoms with Crippen LogP contribution >= 0.6 is 15.9 Å². The van der Waals surface area contributed by atoms with Crippen LogP contribution in [0.4, 0.5) is 0 Å². The summed E-state index contributed by atoms with van der Waals surface area (Å²) in [5.41, 5.74) is 0. The summed E-state index contributed by atoms with van der Waals surface area (Å²) in [7, 11) is -2.18. The third-order valence-electron chi connectivity index (χ3n) is 3.68. The Morgan fingerprint density at radius 1 is 1.32 bits per heavy atom. The molecule has 1 heterocycles. The number of nitrogens with zero attached hydrogens (tertiary/aromatic N) is 1. The molecule has 122 valence electrons. The second-order valence-electron chi connectivity index (χ2n) is 5.24. The van der Waals surface area contributed by atoms with Gasteiger partial charge >= 0.3 is 0 Å². The van der Waals surface area contributed by atoms with Crippen molar-refractivity contribution in [2.24, 2.45) is 5.92 Å². The maximum Gasteiger partial charge on any atom is 0.264 e. The number of benzene rings is 1. The Morgan fingerprint density at radius 3 is 2.45 bits per heavy atom. The van der Waals surface area contributed by atoms with Gasteiger partial charge in [-0.3, -0.25) is 4.79 Å². The van der Waals surface area contributed by atoms with Crippen molar-refractivity contribution in [3.05, 3.63) is 28.7 Å². The van der Waals surface area contributed by atoms with Gasteiger partial charge in [-0.05, 0) is 43.0 Å². The molecule has 0 spiro atoms. The van der Waals surface area contributed by atoms with E-state index in [2.05, 4.69) is 20.7 Å². The van der Waals surface area contributed by atoms with Crippen molar-refractivity contribution in [2.75, 3.05) is 20.2 Å². The van der Waals surface area contributed by atoms with Gasteiger partial charge in [0, 0.05) is 24.0 Å². The fourth-order valence-electron chi connectivity index (χ4n) is 2.42. The van der Waals surface area contributed by atoms with Crippen molar-refractivity contribution in [1.82, 2.24) is 9.79 Å². The number of sulfonamides is 1. The van der Waals surface area contributed by atoms with Crippen molar-refractivity contribution in [1.29, 1.82) is 0 Å². The van der Waals surface area contributed by atoms with Crippen LogP contribution in [0.15, 0.2) is 33.6 Å². The molecule has 0 radical (unpaired) electrons. The van der Waals surface area contributed by atoms with Crippen molar-refractivity contribution >= 4 is 31.9 Å². The SMILES string of the molecule is CON1CCC(CC(=O)NS(=O)(=O)c2ccc(Br)cc2)CC1. The highest BCUT2D eigenvalue weighted by Gasteiger charge is 2.24. The summed E-state index contributed by atoms with van der Waals surface area (Å²) < 4.78 is 27.2. The molecule has 1 amide bonds. The van der Waals surface area contributed by atoms with Gasteiger partial charge in [-0.15, -0.1) is 0 Å². The van der Waals surface area contributed by atoms with Crippen LogP contribution in [-0.2, 0) is 19.7 Å². The molecule has 22 heavy (non-hydrogen) atoms. The third-order valence-corrected chi connectivity index (χ3v) is 5.60. The van der Waals surface area contributed by atoms with Crippen LogP contribution in [0.1, 0.15) is 19.3 Å². The molecule has 0 aromatic heterocycles. The monoisotopic (exact) mass is 390 g/mol. The molecule has 2 rings (SSSR count). The lowest BCUT2D eigenvalue weighted by Crippen LogP contribution is -2.36. The highest BCUT2D eigenvalue weighted by Crippen LogP contribution is 2.21. The zero-order valence-electron chi connectivity index (χ0n) is 12.3. The Bertz CT molecular complexity index is 610. The van der Waals surface area contributed by atoms with Crippen molar-refractivity contribution in [3.8, 4) is 0 Å². The Hall–Kier alpha value is -0.960. The van der Waals surface area contributed by atoms with Gasteiger partial charge in [0.25, 0.3) is 10.0 Å². The molecule has 1 aromatic rings. The zero-order valence-corrected chi connectivity index (χ0v) is 14.7. The van der Waals surface area contributed by atoms with E-state index in [0.717, 1.165) is 30.4 Å². The number of hydrogen-bond acceptors (Lipinski definition) is 5. The normalized spacial score (nSPS) is 17.4. The van der Waals surface area contributed by atoms with E-state index >= 15 is 0 Å². The molecule has 1 saturated heterocycles. The summed E-state index contributed by atoms with van der Waals surface area (Å²) >= 11 is 3.24. The molecule has 1 fully saturated rings. The van der Waals surface area contributed by atoms with E-state index in [0.29, 0.717) is 0 Å². The van der Waals surface area contributed by atoms with Crippen molar-refractivity contribution < 1.29 is 18.0 Å². The molecule has 0 bridgehead atoms. The number of nitrogens with one attached hydrogen (secondary N) is 1. The van der Waals surface area contributed by atoms with Crippen LogP contribution in [0.2, 0.25) is 0 Å². The number of carbonyl (C=O) groups excluding carboxylic acids is 1. The minimum atomic E-state index is -3.80. The average Bonchev–Trinajstić information content (AvgIpc) is 2.48. The smallest absolute Gasteiger partial charge is 0.264 e. The first-order valence-electron chi connectivity index (χ1n) is 7.01. The summed E-state index contributed by atoms with van der Waals surface area (Å²) in [4.78, 5) is 17.2. The predicted molar refractivity (Wildman–Crippen MR) is 85.4 cm³/mol. The quantitative estimate of drug-likeness (QED) is 0.830. The number of hydrogen-bond donors (Lipinski definition) is 1. The third kappa shape index (κ3) is 4.77. The Balaban J connectivity index is 1.90. The minimum Gasteiger partial charge on any atom is -0.302 e. The highest BCUT2D eigenvalue weighted by atomic mass is 79.9. The molecule has 8 heteroatoms. The van der Waals surface area contributed by atoms with Gasteiger partial charge in [0.05, 0.1) is 12.0 Å². The topological polar surface area (TPSA) is 75.7 Å². The van der Waals surface area contributed by atoms with Crippen LogP contribution in [0.5, 0.6) is 0 Å². The molecule has 0 atom stereocenters. The first-order valence-corrected chi connectivity index (χ1v) is 9.28. The number of rotatable bonds is 5. The van der Waals surface area contributed by atoms with Crippen LogP contribution < -0.4 is 4.72 Å². The first-order chi connectivity index (χ1) is 10.4. The van der Waals surface area contributed by atoms with E-state index in [1.807, 2.05) is 5.06 Å². The van der Waals surface area contributed by atoms with Crippen LogP contribution in [0.25, 0.3) is 0 Å². The molecule has 1 aliphatic heterocycles. The number of amides is 1. The van der Waals surface area contributed by atoms with Crippen molar-refractivity contribution in [3.63, 3.8) is 0 Å². The Kier molecular flexibility index (Phi) is 5.96. The highest BCUT2D eigenvalue weighted by molar-refractivity contribution is 9.10. The molecule has 1 aliphatic rings. The Morgan fingerprint density at radius 2 is 1.91 bits per heavy atom. The lowest BCUT2D eigenvalue weighted by atomic mass is 9.94. The number of hydroxylamine groups is 2. The lowest BCUT2D eigenvalue weighted by molar-refractivity contribution is -0.149. The van der Waals surface area contributed by atoms with Crippen LogP contribution in [0, 0.1) is 5.92 Å². The zero-order chi connectivity index (χ0) is 16.2.